The third-order valence-electron chi connectivity index (χ3n) is 6.34. The Morgan fingerprint density at radius 1 is 1.00 bits per heavy atom. The zero-order valence-corrected chi connectivity index (χ0v) is 18.9. The predicted octanol–water partition coefficient (Wildman–Crippen LogP) is 5.88. The van der Waals surface area contributed by atoms with Crippen molar-refractivity contribution in [1.29, 1.82) is 0 Å². The molecule has 0 spiro atoms. The Morgan fingerprint density at radius 2 is 1.65 bits per heavy atom. The van der Waals surface area contributed by atoms with Crippen LogP contribution in [-0.4, -0.2) is 35.0 Å². The maximum atomic E-state index is 14.0. The molecule has 0 N–H and O–H groups in total. The fourth-order valence-corrected chi connectivity index (χ4v) is 5.60. The molecule has 0 bridgehead atoms. The summed E-state index contributed by atoms with van der Waals surface area (Å²) in [4.78, 5) is 19.7. The topological polar surface area (TPSA) is 51.7 Å². The Hall–Kier alpha value is -3.52. The Morgan fingerprint density at radius 3 is 2.32 bits per heavy atom. The molecular formula is C26H20F2N2O3S. The van der Waals surface area contributed by atoms with Gasteiger partial charge in [0.05, 0.1) is 10.6 Å². The van der Waals surface area contributed by atoms with Crippen LogP contribution in [0.1, 0.15) is 29.9 Å². The molecule has 3 heterocycles. The van der Waals surface area contributed by atoms with Crippen molar-refractivity contribution in [3.8, 4) is 16.7 Å². The van der Waals surface area contributed by atoms with Crippen LogP contribution >= 0.6 is 11.3 Å². The average Bonchev–Trinajstić information content (AvgIpc) is 3.25. The molecule has 34 heavy (non-hydrogen) atoms. The smallest absolute Gasteiger partial charge is 0.274 e. The number of ether oxygens (including phenoxy) is 2. The number of hydrogen-bond acceptors (Lipinski definition) is 5. The lowest BCUT2D eigenvalue weighted by Crippen LogP contribution is -2.44. The zero-order valence-electron chi connectivity index (χ0n) is 18.0. The Kier molecular flexibility index (Phi) is 5.17. The van der Waals surface area contributed by atoms with Gasteiger partial charge in [-0.2, -0.15) is 4.98 Å². The number of thiazole rings is 1. The maximum absolute atomic E-state index is 14.0. The number of likely N-dealkylation sites (tertiary alicyclic amines) is 1. The summed E-state index contributed by atoms with van der Waals surface area (Å²) in [6.07, 6.45) is 1.11. The summed E-state index contributed by atoms with van der Waals surface area (Å²) < 4.78 is 39.9. The number of halogens is 2. The van der Waals surface area contributed by atoms with Gasteiger partial charge in [-0.1, -0.05) is 47.7 Å². The minimum absolute atomic E-state index is 0.0409. The molecule has 0 saturated carbocycles. The zero-order chi connectivity index (χ0) is 23.2. The van der Waals surface area contributed by atoms with E-state index in [1.165, 1.54) is 6.07 Å². The van der Waals surface area contributed by atoms with Gasteiger partial charge in [-0.15, -0.1) is 0 Å². The largest absolute Gasteiger partial charge is 0.467 e. The number of aromatic nitrogens is 1. The number of carbonyl (C=O) groups is 1. The minimum Gasteiger partial charge on any atom is -0.467 e. The van der Waals surface area contributed by atoms with E-state index in [0.29, 0.717) is 47.3 Å². The van der Waals surface area contributed by atoms with Crippen LogP contribution in [0, 0.1) is 11.6 Å². The molecule has 3 aromatic carbocycles. The fourth-order valence-electron chi connectivity index (χ4n) is 4.68. The molecule has 2 aliphatic heterocycles. The Labute approximate surface area is 198 Å². The molecule has 8 heteroatoms. The number of fused-ring (bicyclic) bond motifs is 3. The van der Waals surface area contributed by atoms with Crippen molar-refractivity contribution < 1.29 is 23.0 Å². The highest BCUT2D eigenvalue weighted by atomic mass is 32.1. The second kappa shape index (κ2) is 8.36. The van der Waals surface area contributed by atoms with Gasteiger partial charge in [0.1, 0.15) is 28.9 Å². The van der Waals surface area contributed by atoms with E-state index in [9.17, 15) is 13.6 Å². The number of benzene rings is 3. The monoisotopic (exact) mass is 478 g/mol. The van der Waals surface area contributed by atoms with Crippen molar-refractivity contribution in [1.82, 2.24) is 9.88 Å². The van der Waals surface area contributed by atoms with Crippen molar-refractivity contribution in [2.75, 3.05) is 13.1 Å². The van der Waals surface area contributed by atoms with Gasteiger partial charge in [-0.3, -0.25) is 4.79 Å². The second-order valence-corrected chi connectivity index (χ2v) is 9.46. The summed E-state index contributed by atoms with van der Waals surface area (Å²) in [6, 6.07) is 17.4. The van der Waals surface area contributed by atoms with Crippen molar-refractivity contribution >= 4 is 27.5 Å². The van der Waals surface area contributed by atoms with Gasteiger partial charge in [0.2, 0.25) is 5.91 Å². The normalized spacial score (nSPS) is 16.1. The van der Waals surface area contributed by atoms with Crippen LogP contribution in [0.5, 0.6) is 16.7 Å². The average molecular weight is 479 g/mol. The van der Waals surface area contributed by atoms with Gasteiger partial charge in [0.15, 0.2) is 5.82 Å². The summed E-state index contributed by atoms with van der Waals surface area (Å²) in [5.74, 6) is -0.295. The molecule has 0 atom stereocenters. The quantitative estimate of drug-likeness (QED) is 0.369. The first-order valence-electron chi connectivity index (χ1n) is 11.1. The molecule has 6 rings (SSSR count). The van der Waals surface area contributed by atoms with Gasteiger partial charge in [0, 0.05) is 43.1 Å². The van der Waals surface area contributed by atoms with Crippen molar-refractivity contribution in [2.45, 2.75) is 24.9 Å². The van der Waals surface area contributed by atoms with Crippen LogP contribution in [0.4, 0.5) is 8.78 Å². The lowest BCUT2D eigenvalue weighted by Gasteiger charge is -2.36. The number of piperidine rings is 1. The van der Waals surface area contributed by atoms with E-state index in [1.807, 2.05) is 53.4 Å². The van der Waals surface area contributed by atoms with E-state index in [2.05, 4.69) is 4.98 Å². The molecule has 4 aromatic rings. The number of hydrogen-bond donors (Lipinski definition) is 0. The number of carbonyl (C=O) groups excluding carboxylic acids is 1. The van der Waals surface area contributed by atoms with E-state index in [-0.39, 0.29) is 17.5 Å². The molecule has 1 aromatic heterocycles. The van der Waals surface area contributed by atoms with Crippen molar-refractivity contribution in [3.63, 3.8) is 0 Å². The molecule has 1 amide bonds. The summed E-state index contributed by atoms with van der Waals surface area (Å²) in [5.41, 5.74) is 1.85. The van der Waals surface area contributed by atoms with Crippen molar-refractivity contribution in [3.05, 3.63) is 83.4 Å². The molecule has 172 valence electrons. The van der Waals surface area contributed by atoms with Gasteiger partial charge >= 0.3 is 0 Å². The first-order valence-corrected chi connectivity index (χ1v) is 12.0. The van der Waals surface area contributed by atoms with E-state index in [0.717, 1.165) is 28.5 Å². The minimum atomic E-state index is -0.696. The van der Waals surface area contributed by atoms with E-state index >= 15 is 0 Å². The van der Waals surface area contributed by atoms with Crippen LogP contribution in [0.2, 0.25) is 0 Å². The summed E-state index contributed by atoms with van der Waals surface area (Å²) in [6.45, 7) is 1.08. The molecule has 0 aliphatic carbocycles. The molecule has 0 unspecified atom stereocenters. The van der Waals surface area contributed by atoms with Crippen LogP contribution in [0.3, 0.4) is 0 Å². The number of amides is 1. The second-order valence-electron chi connectivity index (χ2n) is 8.47. The van der Waals surface area contributed by atoms with Crippen LogP contribution in [0.15, 0.2) is 60.7 Å². The van der Waals surface area contributed by atoms with Crippen LogP contribution < -0.4 is 9.47 Å². The molecule has 2 aliphatic rings. The van der Waals surface area contributed by atoms with Gasteiger partial charge in [-0.05, 0) is 18.2 Å². The van der Waals surface area contributed by atoms with E-state index in [1.54, 1.807) is 0 Å². The molecular weight excluding hydrogens is 458 g/mol. The standard InChI is InChI=1S/C26H20F2N2O3S/c27-15-13-19(28)24-22(14-15)34-26(29-24)32-16-9-11-30(12-10-16)25(31)23-17-5-1-3-7-20(17)33-21-8-4-2-6-18(21)23/h1-8,13-14,16,23H,9-12H2. The highest BCUT2D eigenvalue weighted by Gasteiger charge is 2.36. The summed E-state index contributed by atoms with van der Waals surface area (Å²) >= 11 is 1.13. The van der Waals surface area contributed by atoms with E-state index in [4.69, 9.17) is 9.47 Å². The molecule has 1 fully saturated rings. The summed E-state index contributed by atoms with van der Waals surface area (Å²) in [5, 5.41) is 0.316. The fraction of sp³-hybridized carbons (Fsp3) is 0.231. The third kappa shape index (κ3) is 3.68. The van der Waals surface area contributed by atoms with Gasteiger partial charge in [0.25, 0.3) is 5.19 Å². The highest BCUT2D eigenvalue weighted by molar-refractivity contribution is 7.20. The SMILES string of the molecule is O=C(C1c2ccccc2Oc2ccccc21)N1CCC(Oc2nc3c(F)cc(F)cc3s2)CC1. The first kappa shape index (κ1) is 21.0. The highest BCUT2D eigenvalue weighted by Crippen LogP contribution is 2.45. The lowest BCUT2D eigenvalue weighted by atomic mass is 9.86. The number of para-hydroxylation sites is 2. The maximum Gasteiger partial charge on any atom is 0.274 e. The number of rotatable bonds is 3. The molecule has 1 saturated heterocycles. The van der Waals surface area contributed by atoms with Gasteiger partial charge < -0.3 is 14.4 Å². The lowest BCUT2D eigenvalue weighted by molar-refractivity contribution is -0.133. The number of nitrogens with zero attached hydrogens (tertiary/aromatic N) is 2. The first-order chi connectivity index (χ1) is 16.6. The predicted molar refractivity (Wildman–Crippen MR) is 125 cm³/mol. The Balaban J connectivity index is 1.18. The van der Waals surface area contributed by atoms with Gasteiger partial charge in [-0.25, -0.2) is 8.78 Å². The Bertz CT molecular complexity index is 1350. The molecule has 5 nitrogen and oxygen atoms in total. The summed E-state index contributed by atoms with van der Waals surface area (Å²) in [7, 11) is 0. The third-order valence-corrected chi connectivity index (χ3v) is 7.23. The van der Waals surface area contributed by atoms with E-state index < -0.39 is 17.6 Å². The van der Waals surface area contributed by atoms with Crippen LogP contribution in [-0.2, 0) is 4.79 Å². The van der Waals surface area contributed by atoms with Crippen molar-refractivity contribution in [2.24, 2.45) is 0 Å². The van der Waals surface area contributed by atoms with Crippen LogP contribution in [0.25, 0.3) is 10.2 Å². The molecule has 0 radical (unpaired) electrons.